The Labute approximate surface area is 161 Å². The topological polar surface area (TPSA) is 54.3 Å². The van der Waals surface area contributed by atoms with Crippen LogP contribution in [0.25, 0.3) is 0 Å². The third kappa shape index (κ3) is 4.21. The highest BCUT2D eigenvalue weighted by Gasteiger charge is 2.32. The first-order chi connectivity index (χ1) is 13.2. The van der Waals surface area contributed by atoms with Gasteiger partial charge in [0, 0.05) is 63.6 Å². The molecular weight excluding hydrogens is 338 g/mol. The number of amides is 1. The van der Waals surface area contributed by atoms with E-state index in [1.165, 1.54) is 25.7 Å². The van der Waals surface area contributed by atoms with Crippen LogP contribution in [-0.2, 0) is 13.5 Å². The number of rotatable bonds is 4. The predicted molar refractivity (Wildman–Crippen MR) is 104 cm³/mol. The molecule has 27 heavy (non-hydrogen) atoms. The second kappa shape index (κ2) is 8.21. The Morgan fingerprint density at radius 3 is 2.67 bits per heavy atom. The van der Waals surface area contributed by atoms with E-state index in [-0.39, 0.29) is 5.91 Å². The lowest BCUT2D eigenvalue weighted by atomic mass is 10.0. The summed E-state index contributed by atoms with van der Waals surface area (Å²) < 4.78 is 1.82. The van der Waals surface area contributed by atoms with Crippen molar-refractivity contribution in [1.82, 2.24) is 24.3 Å². The van der Waals surface area contributed by atoms with Crippen LogP contribution >= 0.6 is 0 Å². The van der Waals surface area contributed by atoms with Gasteiger partial charge in [-0.3, -0.25) is 14.7 Å². The van der Waals surface area contributed by atoms with Crippen LogP contribution in [0, 0.1) is 5.92 Å². The molecule has 0 aromatic carbocycles. The van der Waals surface area contributed by atoms with Gasteiger partial charge >= 0.3 is 0 Å². The quantitative estimate of drug-likeness (QED) is 0.833. The zero-order valence-electron chi connectivity index (χ0n) is 16.1. The fraction of sp³-hybridized carbons (Fsp3) is 0.571. The smallest absolute Gasteiger partial charge is 0.289 e. The fourth-order valence-electron chi connectivity index (χ4n) is 4.58. The molecule has 144 valence electrons. The van der Waals surface area contributed by atoms with Gasteiger partial charge in [-0.1, -0.05) is 18.9 Å². The van der Waals surface area contributed by atoms with Crippen LogP contribution in [-0.4, -0.2) is 62.5 Å². The minimum Gasteiger partial charge on any atom is -0.334 e. The van der Waals surface area contributed by atoms with Crippen LogP contribution in [0.5, 0.6) is 0 Å². The van der Waals surface area contributed by atoms with E-state index in [1.807, 2.05) is 41.0 Å². The highest BCUT2D eigenvalue weighted by Crippen LogP contribution is 2.26. The number of aryl methyl sites for hydroxylation is 1. The molecule has 1 aliphatic heterocycles. The molecule has 1 saturated heterocycles. The van der Waals surface area contributed by atoms with Crippen molar-refractivity contribution in [3.8, 4) is 0 Å². The molecule has 1 amide bonds. The second-order valence-corrected chi connectivity index (χ2v) is 7.94. The van der Waals surface area contributed by atoms with Crippen molar-refractivity contribution < 1.29 is 4.79 Å². The van der Waals surface area contributed by atoms with Gasteiger partial charge in [0.2, 0.25) is 0 Å². The molecule has 0 bridgehead atoms. The van der Waals surface area contributed by atoms with Crippen molar-refractivity contribution in [2.45, 2.75) is 38.1 Å². The number of imidazole rings is 1. The number of hydrogen-bond donors (Lipinski definition) is 0. The third-order valence-electron chi connectivity index (χ3n) is 5.99. The van der Waals surface area contributed by atoms with E-state index in [2.05, 4.69) is 20.9 Å². The summed E-state index contributed by atoms with van der Waals surface area (Å²) in [6.07, 6.45) is 11.6. The molecule has 0 N–H and O–H groups in total. The Bertz CT molecular complexity index is 753. The minimum absolute atomic E-state index is 0.0433. The van der Waals surface area contributed by atoms with Crippen LogP contribution in [0.1, 0.15) is 42.0 Å². The molecule has 1 aliphatic carbocycles. The van der Waals surface area contributed by atoms with Crippen molar-refractivity contribution in [2.24, 2.45) is 13.0 Å². The van der Waals surface area contributed by atoms with E-state index in [0.29, 0.717) is 17.8 Å². The largest absolute Gasteiger partial charge is 0.334 e. The van der Waals surface area contributed by atoms with Crippen LogP contribution in [0.4, 0.5) is 0 Å². The Kier molecular flexibility index (Phi) is 5.53. The predicted octanol–water partition coefficient (Wildman–Crippen LogP) is 2.37. The summed E-state index contributed by atoms with van der Waals surface area (Å²) in [5, 5.41) is 0. The SMILES string of the molecule is Cn1ccnc1C(=O)N1CCN(C2CCCC2)CC(Cc2ccccn2)C1. The molecule has 1 unspecified atom stereocenters. The van der Waals surface area contributed by atoms with E-state index < -0.39 is 0 Å². The Hall–Kier alpha value is -2.21. The summed E-state index contributed by atoms with van der Waals surface area (Å²) in [7, 11) is 1.88. The summed E-state index contributed by atoms with van der Waals surface area (Å²) in [4.78, 5) is 26.5. The molecule has 0 spiro atoms. The monoisotopic (exact) mass is 367 g/mol. The van der Waals surface area contributed by atoms with Gasteiger partial charge in [0.25, 0.3) is 5.91 Å². The highest BCUT2D eigenvalue weighted by molar-refractivity contribution is 5.90. The van der Waals surface area contributed by atoms with Gasteiger partial charge in [-0.15, -0.1) is 0 Å². The Balaban J connectivity index is 1.53. The Morgan fingerprint density at radius 2 is 1.96 bits per heavy atom. The minimum atomic E-state index is 0.0433. The first kappa shape index (κ1) is 18.2. The molecule has 6 nitrogen and oxygen atoms in total. The summed E-state index contributed by atoms with van der Waals surface area (Å²) in [6, 6.07) is 6.78. The van der Waals surface area contributed by atoms with E-state index in [9.17, 15) is 4.79 Å². The lowest BCUT2D eigenvalue weighted by Crippen LogP contribution is -2.39. The van der Waals surface area contributed by atoms with Crippen molar-refractivity contribution >= 4 is 5.91 Å². The third-order valence-corrected chi connectivity index (χ3v) is 5.99. The number of nitrogens with zero attached hydrogens (tertiary/aromatic N) is 5. The average molecular weight is 367 g/mol. The fourth-order valence-corrected chi connectivity index (χ4v) is 4.58. The maximum absolute atomic E-state index is 13.1. The number of carbonyl (C=O) groups is 1. The van der Waals surface area contributed by atoms with Gasteiger partial charge in [0.05, 0.1) is 0 Å². The van der Waals surface area contributed by atoms with Crippen molar-refractivity contribution in [2.75, 3.05) is 26.2 Å². The van der Waals surface area contributed by atoms with Gasteiger partial charge < -0.3 is 9.47 Å². The van der Waals surface area contributed by atoms with Crippen molar-refractivity contribution in [3.63, 3.8) is 0 Å². The van der Waals surface area contributed by atoms with Crippen LogP contribution in [0.3, 0.4) is 0 Å². The van der Waals surface area contributed by atoms with Crippen LogP contribution in [0.15, 0.2) is 36.8 Å². The molecule has 4 rings (SSSR count). The first-order valence-electron chi connectivity index (χ1n) is 10.1. The van der Waals surface area contributed by atoms with E-state index in [0.717, 1.165) is 38.3 Å². The number of carbonyl (C=O) groups excluding carboxylic acids is 1. The van der Waals surface area contributed by atoms with Gasteiger partial charge in [-0.05, 0) is 37.3 Å². The zero-order chi connectivity index (χ0) is 18.6. The van der Waals surface area contributed by atoms with E-state index in [4.69, 9.17) is 0 Å². The standard InChI is InChI=1S/C21H29N5O/c1-24-11-10-23-20(24)21(27)26-13-12-25(19-7-2-3-8-19)15-17(16-26)14-18-6-4-5-9-22-18/h4-6,9-11,17,19H,2-3,7-8,12-16H2,1H3. The lowest BCUT2D eigenvalue weighted by molar-refractivity contribution is 0.0728. The summed E-state index contributed by atoms with van der Waals surface area (Å²) in [5.74, 6) is 0.968. The molecule has 2 aromatic rings. The van der Waals surface area contributed by atoms with E-state index in [1.54, 1.807) is 6.20 Å². The average Bonchev–Trinajstić information content (AvgIpc) is 3.31. The molecular formula is C21H29N5O. The van der Waals surface area contributed by atoms with Crippen LogP contribution in [0.2, 0.25) is 0 Å². The molecule has 2 aliphatic rings. The molecule has 2 fully saturated rings. The maximum atomic E-state index is 13.1. The van der Waals surface area contributed by atoms with Crippen molar-refractivity contribution in [1.29, 1.82) is 0 Å². The molecule has 1 saturated carbocycles. The summed E-state index contributed by atoms with van der Waals surface area (Å²) in [5.41, 5.74) is 1.11. The maximum Gasteiger partial charge on any atom is 0.289 e. The van der Waals surface area contributed by atoms with Gasteiger partial charge in [0.1, 0.15) is 0 Å². The number of aromatic nitrogens is 3. The van der Waals surface area contributed by atoms with E-state index >= 15 is 0 Å². The number of pyridine rings is 1. The molecule has 2 aromatic heterocycles. The number of hydrogen-bond acceptors (Lipinski definition) is 4. The lowest BCUT2D eigenvalue weighted by Gasteiger charge is -2.29. The Morgan fingerprint density at radius 1 is 1.11 bits per heavy atom. The normalized spacial score (nSPS) is 22.1. The molecule has 3 heterocycles. The first-order valence-corrected chi connectivity index (χ1v) is 10.1. The summed E-state index contributed by atoms with van der Waals surface area (Å²) in [6.45, 7) is 3.55. The highest BCUT2D eigenvalue weighted by atomic mass is 16.2. The van der Waals surface area contributed by atoms with Gasteiger partial charge in [-0.2, -0.15) is 0 Å². The zero-order valence-corrected chi connectivity index (χ0v) is 16.1. The summed E-state index contributed by atoms with van der Waals surface area (Å²) >= 11 is 0. The second-order valence-electron chi connectivity index (χ2n) is 7.94. The van der Waals surface area contributed by atoms with Gasteiger partial charge in [-0.25, -0.2) is 4.98 Å². The van der Waals surface area contributed by atoms with Gasteiger partial charge in [0.15, 0.2) is 5.82 Å². The molecule has 6 heteroatoms. The van der Waals surface area contributed by atoms with Crippen LogP contribution < -0.4 is 0 Å². The van der Waals surface area contributed by atoms with Crippen molar-refractivity contribution in [3.05, 3.63) is 48.3 Å². The molecule has 1 atom stereocenters. The molecule has 0 radical (unpaired) electrons.